The Morgan fingerprint density at radius 1 is 1.39 bits per heavy atom. The van der Waals surface area contributed by atoms with Crippen LogP contribution >= 0.6 is 11.6 Å². The summed E-state index contributed by atoms with van der Waals surface area (Å²) in [7, 11) is 1.64. The molecule has 1 heterocycles. The summed E-state index contributed by atoms with van der Waals surface area (Å²) < 4.78 is 6.94. The first-order chi connectivity index (χ1) is 8.67. The molecule has 2 aromatic rings. The molecule has 4 nitrogen and oxygen atoms in total. The maximum absolute atomic E-state index is 6.24. The lowest BCUT2D eigenvalue weighted by molar-refractivity contribution is 0.414. The van der Waals surface area contributed by atoms with Crippen LogP contribution in [0.3, 0.4) is 0 Å². The van der Waals surface area contributed by atoms with Gasteiger partial charge in [-0.3, -0.25) is 4.68 Å². The second-order valence-electron chi connectivity index (χ2n) is 3.94. The number of halogens is 1. The maximum Gasteiger partial charge on any atom is 0.118 e. The minimum atomic E-state index is -0.286. The molecule has 0 saturated heterocycles. The molecule has 0 aliphatic heterocycles. The van der Waals surface area contributed by atoms with Crippen LogP contribution in [-0.2, 0) is 6.54 Å². The van der Waals surface area contributed by atoms with E-state index in [9.17, 15) is 0 Å². The van der Waals surface area contributed by atoms with Gasteiger partial charge in [0.1, 0.15) is 5.75 Å². The van der Waals surface area contributed by atoms with Crippen molar-refractivity contribution in [1.82, 2.24) is 9.78 Å². The quantitative estimate of drug-likeness (QED) is 0.925. The van der Waals surface area contributed by atoms with Gasteiger partial charge in [0.25, 0.3) is 0 Å². The third kappa shape index (κ3) is 2.35. The lowest BCUT2D eigenvalue weighted by Crippen LogP contribution is -2.17. The summed E-state index contributed by atoms with van der Waals surface area (Å²) in [5, 5.41) is 4.79. The normalized spacial score (nSPS) is 12.4. The molecular weight excluding hydrogens is 250 g/mol. The second kappa shape index (κ2) is 5.42. The number of rotatable bonds is 4. The average molecular weight is 266 g/mol. The topological polar surface area (TPSA) is 53.1 Å². The van der Waals surface area contributed by atoms with Crippen molar-refractivity contribution in [3.05, 3.63) is 46.7 Å². The molecule has 0 amide bonds. The largest absolute Gasteiger partial charge is 0.497 e. The number of nitrogens with zero attached hydrogens (tertiary/aromatic N) is 2. The second-order valence-corrected chi connectivity index (χ2v) is 4.35. The van der Waals surface area contributed by atoms with Crippen molar-refractivity contribution < 1.29 is 4.74 Å². The number of methoxy groups -OCH3 is 1. The van der Waals surface area contributed by atoms with Crippen molar-refractivity contribution in [2.24, 2.45) is 5.73 Å². The molecule has 1 unspecified atom stereocenters. The molecular formula is C13H16ClN3O. The number of benzene rings is 1. The van der Waals surface area contributed by atoms with Crippen LogP contribution in [0.1, 0.15) is 24.2 Å². The van der Waals surface area contributed by atoms with Crippen LogP contribution in [0.15, 0.2) is 30.5 Å². The zero-order valence-electron chi connectivity index (χ0n) is 10.4. The Morgan fingerprint density at radius 3 is 2.61 bits per heavy atom. The minimum Gasteiger partial charge on any atom is -0.497 e. The molecule has 2 N–H and O–H groups in total. The van der Waals surface area contributed by atoms with Gasteiger partial charge in [-0.2, -0.15) is 5.10 Å². The average Bonchev–Trinajstić information content (AvgIpc) is 2.79. The van der Waals surface area contributed by atoms with Crippen molar-refractivity contribution in [1.29, 1.82) is 0 Å². The van der Waals surface area contributed by atoms with Crippen LogP contribution in [0.25, 0.3) is 0 Å². The number of nitrogens with two attached hydrogens (primary N) is 1. The van der Waals surface area contributed by atoms with E-state index in [1.54, 1.807) is 13.3 Å². The molecule has 0 saturated carbocycles. The predicted octanol–water partition coefficient (Wildman–Crippen LogP) is 2.61. The van der Waals surface area contributed by atoms with Gasteiger partial charge >= 0.3 is 0 Å². The Balaban J connectivity index is 2.34. The zero-order chi connectivity index (χ0) is 13.1. The lowest BCUT2D eigenvalue weighted by Gasteiger charge is -2.15. The summed E-state index contributed by atoms with van der Waals surface area (Å²) in [5.41, 5.74) is 8.06. The number of aromatic nitrogens is 2. The fourth-order valence-corrected chi connectivity index (χ4v) is 2.16. The monoisotopic (exact) mass is 265 g/mol. The van der Waals surface area contributed by atoms with E-state index in [2.05, 4.69) is 5.10 Å². The van der Waals surface area contributed by atoms with Crippen molar-refractivity contribution >= 4 is 11.6 Å². The van der Waals surface area contributed by atoms with E-state index < -0.39 is 0 Å². The molecule has 1 atom stereocenters. The van der Waals surface area contributed by atoms with Gasteiger partial charge in [0.2, 0.25) is 0 Å². The van der Waals surface area contributed by atoms with Crippen LogP contribution < -0.4 is 10.5 Å². The summed E-state index contributed by atoms with van der Waals surface area (Å²) in [5.74, 6) is 0.807. The first kappa shape index (κ1) is 12.9. The first-order valence-electron chi connectivity index (χ1n) is 5.78. The molecule has 96 valence electrons. The molecule has 0 aliphatic rings. The minimum absolute atomic E-state index is 0.286. The van der Waals surface area contributed by atoms with Gasteiger partial charge in [-0.1, -0.05) is 23.7 Å². The van der Waals surface area contributed by atoms with Crippen LogP contribution in [0.2, 0.25) is 5.02 Å². The Labute approximate surface area is 111 Å². The van der Waals surface area contributed by atoms with Crippen molar-refractivity contribution in [2.45, 2.75) is 19.5 Å². The molecule has 1 aromatic heterocycles. The van der Waals surface area contributed by atoms with E-state index >= 15 is 0 Å². The van der Waals surface area contributed by atoms with E-state index in [1.165, 1.54) is 0 Å². The summed E-state index contributed by atoms with van der Waals surface area (Å²) in [6.45, 7) is 2.75. The molecule has 0 aliphatic carbocycles. The van der Waals surface area contributed by atoms with Crippen LogP contribution in [0, 0.1) is 0 Å². The highest BCUT2D eigenvalue weighted by Crippen LogP contribution is 2.27. The van der Waals surface area contributed by atoms with E-state index in [4.69, 9.17) is 22.1 Å². The molecule has 0 fully saturated rings. The highest BCUT2D eigenvalue weighted by Gasteiger charge is 2.17. The van der Waals surface area contributed by atoms with Crippen molar-refractivity contribution in [3.63, 3.8) is 0 Å². The molecule has 5 heteroatoms. The number of ether oxygens (including phenoxy) is 1. The summed E-state index contributed by atoms with van der Waals surface area (Å²) in [6.07, 6.45) is 1.63. The molecule has 2 rings (SSSR count). The Bertz CT molecular complexity index is 522. The lowest BCUT2D eigenvalue weighted by atomic mass is 10.0. The standard InChI is InChI=1S/C13H16ClN3O/c1-3-17-13(11(14)8-16-17)12(15)9-4-6-10(18-2)7-5-9/h4-8,12H,3,15H2,1-2H3. The zero-order valence-corrected chi connectivity index (χ0v) is 11.2. The smallest absolute Gasteiger partial charge is 0.118 e. The fourth-order valence-electron chi connectivity index (χ4n) is 1.90. The highest BCUT2D eigenvalue weighted by atomic mass is 35.5. The van der Waals surface area contributed by atoms with Gasteiger partial charge in [0, 0.05) is 6.54 Å². The predicted molar refractivity (Wildman–Crippen MR) is 71.9 cm³/mol. The summed E-state index contributed by atoms with van der Waals surface area (Å²) in [4.78, 5) is 0. The fraction of sp³-hybridized carbons (Fsp3) is 0.308. The third-order valence-corrected chi connectivity index (χ3v) is 3.19. The highest BCUT2D eigenvalue weighted by molar-refractivity contribution is 6.31. The van der Waals surface area contributed by atoms with E-state index in [1.807, 2.05) is 35.9 Å². The first-order valence-corrected chi connectivity index (χ1v) is 6.16. The van der Waals surface area contributed by atoms with Crippen LogP contribution in [0.5, 0.6) is 5.75 Å². The van der Waals surface area contributed by atoms with Gasteiger partial charge in [0.05, 0.1) is 30.1 Å². The van der Waals surface area contributed by atoms with Gasteiger partial charge in [-0.05, 0) is 24.6 Å². The molecule has 0 radical (unpaired) electrons. The van der Waals surface area contributed by atoms with Crippen molar-refractivity contribution in [3.8, 4) is 5.75 Å². The molecule has 18 heavy (non-hydrogen) atoms. The van der Waals surface area contributed by atoms with E-state index in [0.29, 0.717) is 5.02 Å². The SMILES string of the molecule is CCn1ncc(Cl)c1C(N)c1ccc(OC)cc1. The van der Waals surface area contributed by atoms with E-state index in [0.717, 1.165) is 23.6 Å². The number of hydrogen-bond acceptors (Lipinski definition) is 3. The van der Waals surface area contributed by atoms with Crippen molar-refractivity contribution in [2.75, 3.05) is 7.11 Å². The van der Waals surface area contributed by atoms with Gasteiger partial charge in [-0.15, -0.1) is 0 Å². The number of hydrogen-bond donors (Lipinski definition) is 1. The Hall–Kier alpha value is -1.52. The maximum atomic E-state index is 6.24. The van der Waals surface area contributed by atoms with Gasteiger partial charge < -0.3 is 10.5 Å². The third-order valence-electron chi connectivity index (χ3n) is 2.90. The van der Waals surface area contributed by atoms with Gasteiger partial charge in [-0.25, -0.2) is 0 Å². The molecule has 0 spiro atoms. The van der Waals surface area contributed by atoms with E-state index in [-0.39, 0.29) is 6.04 Å². The molecule has 1 aromatic carbocycles. The summed E-state index contributed by atoms with van der Waals surface area (Å²) >= 11 is 6.14. The molecule has 0 bridgehead atoms. The van der Waals surface area contributed by atoms with Crippen LogP contribution in [0.4, 0.5) is 0 Å². The number of aryl methyl sites for hydroxylation is 1. The summed E-state index contributed by atoms with van der Waals surface area (Å²) in [6, 6.07) is 7.36. The Morgan fingerprint density at radius 2 is 2.06 bits per heavy atom. The van der Waals surface area contributed by atoms with Crippen LogP contribution in [-0.4, -0.2) is 16.9 Å². The Kier molecular flexibility index (Phi) is 3.89. The van der Waals surface area contributed by atoms with Gasteiger partial charge in [0.15, 0.2) is 0 Å².